The quantitative estimate of drug-likeness (QED) is 0.753. The van der Waals surface area contributed by atoms with Crippen molar-refractivity contribution in [1.82, 2.24) is 14.5 Å². The van der Waals surface area contributed by atoms with Crippen LogP contribution < -0.4 is 15.2 Å². The molecule has 0 bridgehead atoms. The number of nitrogens with zero attached hydrogens (tertiary/aromatic N) is 5. The van der Waals surface area contributed by atoms with Gasteiger partial charge in [0.05, 0.1) is 12.5 Å². The lowest BCUT2D eigenvalue weighted by molar-refractivity contribution is 0.0447. The molecule has 1 aliphatic carbocycles. The first kappa shape index (κ1) is 20.1. The predicted molar refractivity (Wildman–Crippen MR) is 121 cm³/mol. The van der Waals surface area contributed by atoms with Crippen molar-refractivity contribution in [3.05, 3.63) is 40.8 Å². The molecule has 0 atom stereocenters. The van der Waals surface area contributed by atoms with Crippen molar-refractivity contribution in [3.63, 3.8) is 0 Å². The zero-order valence-electron chi connectivity index (χ0n) is 18.2. The second-order valence-electron chi connectivity index (χ2n) is 8.49. The third-order valence-electron chi connectivity index (χ3n) is 6.65. The fourth-order valence-electron chi connectivity index (χ4n) is 4.57. The largest absolute Gasteiger partial charge is 0.494 e. The number of fused-ring (bicyclic) bond motifs is 1. The third kappa shape index (κ3) is 3.80. The Morgan fingerprint density at radius 3 is 2.58 bits per heavy atom. The Kier molecular flexibility index (Phi) is 5.40. The van der Waals surface area contributed by atoms with Crippen LogP contribution >= 0.6 is 0 Å². The lowest BCUT2D eigenvalue weighted by atomic mass is 9.90. The molecule has 5 rings (SSSR count). The SMILES string of the molecule is COc1cccc2c(=O)n(C)c(N3C=CC(OC4CCN(C5CCC5)CC4)=NC3)nc12. The van der Waals surface area contributed by atoms with E-state index in [0.29, 0.717) is 35.2 Å². The smallest absolute Gasteiger partial charge is 0.262 e. The molecule has 1 saturated heterocycles. The van der Waals surface area contributed by atoms with Crippen molar-refractivity contribution in [2.24, 2.45) is 12.0 Å². The van der Waals surface area contributed by atoms with Crippen LogP contribution in [0.4, 0.5) is 5.95 Å². The number of ether oxygens (including phenoxy) is 2. The molecule has 1 aromatic carbocycles. The molecule has 8 heteroatoms. The summed E-state index contributed by atoms with van der Waals surface area (Å²) in [6, 6.07) is 6.19. The molecular weight excluding hydrogens is 394 g/mol. The Morgan fingerprint density at radius 2 is 1.94 bits per heavy atom. The zero-order chi connectivity index (χ0) is 21.4. The highest BCUT2D eigenvalue weighted by molar-refractivity contribution is 5.89. The Morgan fingerprint density at radius 1 is 1.13 bits per heavy atom. The first-order valence-electron chi connectivity index (χ1n) is 11.1. The summed E-state index contributed by atoms with van der Waals surface area (Å²) in [6.07, 6.45) is 10.2. The van der Waals surface area contributed by atoms with Gasteiger partial charge in [0.25, 0.3) is 5.56 Å². The summed E-state index contributed by atoms with van der Waals surface area (Å²) < 4.78 is 13.1. The van der Waals surface area contributed by atoms with Gasteiger partial charge in [0.15, 0.2) is 0 Å². The number of hydrogen-bond donors (Lipinski definition) is 0. The Labute approximate surface area is 181 Å². The summed E-state index contributed by atoms with van der Waals surface area (Å²) in [5.74, 6) is 1.76. The van der Waals surface area contributed by atoms with Gasteiger partial charge in [-0.05, 0) is 37.8 Å². The van der Waals surface area contributed by atoms with Gasteiger partial charge in [-0.2, -0.15) is 0 Å². The van der Waals surface area contributed by atoms with Crippen LogP contribution in [0.2, 0.25) is 0 Å². The minimum Gasteiger partial charge on any atom is -0.494 e. The maximum Gasteiger partial charge on any atom is 0.262 e. The van der Waals surface area contributed by atoms with Gasteiger partial charge in [0, 0.05) is 38.5 Å². The standard InChI is InChI=1S/C23H29N5O3/c1-26-22(29)18-7-4-8-19(30-2)21(18)25-23(26)28-14-11-20(24-15-28)31-17-9-12-27(13-10-17)16-5-3-6-16/h4,7-8,11,14,16-17H,3,5-6,9-10,12-13,15H2,1-2H3. The number of benzene rings is 1. The molecule has 0 radical (unpaired) electrons. The summed E-state index contributed by atoms with van der Waals surface area (Å²) in [5.41, 5.74) is 0.442. The number of rotatable bonds is 4. The van der Waals surface area contributed by atoms with E-state index in [4.69, 9.17) is 14.5 Å². The highest BCUT2D eigenvalue weighted by atomic mass is 16.5. The molecule has 31 heavy (non-hydrogen) atoms. The van der Waals surface area contributed by atoms with E-state index in [1.54, 1.807) is 30.9 Å². The van der Waals surface area contributed by atoms with E-state index in [2.05, 4.69) is 9.89 Å². The van der Waals surface area contributed by atoms with E-state index in [1.807, 2.05) is 23.2 Å². The maximum absolute atomic E-state index is 12.8. The topological polar surface area (TPSA) is 72.2 Å². The number of anilines is 1. The van der Waals surface area contributed by atoms with Crippen molar-refractivity contribution in [1.29, 1.82) is 0 Å². The van der Waals surface area contributed by atoms with E-state index >= 15 is 0 Å². The van der Waals surface area contributed by atoms with Gasteiger partial charge in [-0.15, -0.1) is 0 Å². The number of aliphatic imine (C=N–C) groups is 1. The zero-order valence-corrected chi connectivity index (χ0v) is 18.2. The normalized spacial score (nSPS) is 20.6. The van der Waals surface area contributed by atoms with Crippen molar-refractivity contribution >= 4 is 22.7 Å². The van der Waals surface area contributed by atoms with Crippen LogP contribution in [0, 0.1) is 0 Å². The van der Waals surface area contributed by atoms with E-state index in [-0.39, 0.29) is 11.7 Å². The summed E-state index contributed by atoms with van der Waals surface area (Å²) in [5, 5.41) is 0.535. The highest BCUT2D eigenvalue weighted by Gasteiger charge is 2.29. The molecule has 0 N–H and O–H groups in total. The van der Waals surface area contributed by atoms with Crippen LogP contribution in [0.25, 0.3) is 10.9 Å². The van der Waals surface area contributed by atoms with E-state index < -0.39 is 0 Å². The second-order valence-corrected chi connectivity index (χ2v) is 8.49. The number of likely N-dealkylation sites (tertiary alicyclic amines) is 1. The molecule has 0 amide bonds. The number of methoxy groups -OCH3 is 1. The van der Waals surface area contributed by atoms with Gasteiger partial charge >= 0.3 is 0 Å². The molecule has 3 heterocycles. The molecule has 8 nitrogen and oxygen atoms in total. The fraction of sp³-hybridized carbons (Fsp3) is 0.522. The molecular formula is C23H29N5O3. The maximum atomic E-state index is 12.8. The molecule has 1 aromatic heterocycles. The minimum atomic E-state index is -0.114. The minimum absolute atomic E-state index is 0.114. The molecule has 2 aliphatic heterocycles. The van der Waals surface area contributed by atoms with Gasteiger partial charge in [0.1, 0.15) is 24.0 Å². The monoisotopic (exact) mass is 423 g/mol. The van der Waals surface area contributed by atoms with E-state index in [0.717, 1.165) is 32.0 Å². The van der Waals surface area contributed by atoms with Crippen LogP contribution in [0.1, 0.15) is 32.1 Å². The number of aromatic nitrogens is 2. The Bertz CT molecular complexity index is 1080. The molecule has 0 spiro atoms. The van der Waals surface area contributed by atoms with Crippen LogP contribution in [-0.4, -0.2) is 59.4 Å². The number of hydrogen-bond acceptors (Lipinski definition) is 7. The van der Waals surface area contributed by atoms with Gasteiger partial charge < -0.3 is 14.4 Å². The molecule has 3 aliphatic rings. The predicted octanol–water partition coefficient (Wildman–Crippen LogP) is 2.67. The molecule has 0 unspecified atom stereocenters. The first-order chi connectivity index (χ1) is 15.1. The van der Waals surface area contributed by atoms with Crippen LogP contribution in [0.3, 0.4) is 0 Å². The fourth-order valence-corrected chi connectivity index (χ4v) is 4.57. The van der Waals surface area contributed by atoms with Crippen molar-refractivity contribution in [2.45, 2.75) is 44.2 Å². The second kappa shape index (κ2) is 8.34. The van der Waals surface area contributed by atoms with Crippen LogP contribution in [0.5, 0.6) is 5.75 Å². The summed E-state index contributed by atoms with van der Waals surface area (Å²) in [4.78, 5) is 26.6. The Balaban J connectivity index is 1.27. The van der Waals surface area contributed by atoms with Gasteiger partial charge in [-0.25, -0.2) is 9.98 Å². The third-order valence-corrected chi connectivity index (χ3v) is 6.65. The summed E-state index contributed by atoms with van der Waals surface area (Å²) >= 11 is 0. The van der Waals surface area contributed by atoms with Crippen molar-refractivity contribution in [3.8, 4) is 5.75 Å². The van der Waals surface area contributed by atoms with Crippen molar-refractivity contribution < 1.29 is 9.47 Å². The van der Waals surface area contributed by atoms with Gasteiger partial charge in [-0.1, -0.05) is 12.5 Å². The number of para-hydroxylation sites is 1. The van der Waals surface area contributed by atoms with E-state index in [9.17, 15) is 4.79 Å². The summed E-state index contributed by atoms with van der Waals surface area (Å²) in [6.45, 7) is 2.58. The average molecular weight is 424 g/mol. The van der Waals surface area contributed by atoms with Crippen LogP contribution in [0.15, 0.2) is 40.3 Å². The van der Waals surface area contributed by atoms with Crippen molar-refractivity contribution in [2.75, 3.05) is 31.8 Å². The highest BCUT2D eigenvalue weighted by Crippen LogP contribution is 2.28. The van der Waals surface area contributed by atoms with Gasteiger partial charge in [0.2, 0.25) is 11.8 Å². The van der Waals surface area contributed by atoms with Gasteiger partial charge in [-0.3, -0.25) is 14.3 Å². The first-order valence-corrected chi connectivity index (χ1v) is 11.1. The average Bonchev–Trinajstić information content (AvgIpc) is 2.76. The van der Waals surface area contributed by atoms with Crippen LogP contribution in [-0.2, 0) is 11.8 Å². The number of piperidine rings is 1. The molecule has 164 valence electrons. The Hall–Kier alpha value is -2.87. The van der Waals surface area contributed by atoms with E-state index in [1.165, 1.54) is 19.3 Å². The molecule has 1 saturated carbocycles. The molecule has 2 fully saturated rings. The summed E-state index contributed by atoms with van der Waals surface area (Å²) in [7, 11) is 3.31. The lowest BCUT2D eigenvalue weighted by Crippen LogP contribution is -2.46. The molecule has 2 aromatic rings. The lowest BCUT2D eigenvalue weighted by Gasteiger charge is -2.41.